The number of hydrogen-bond donors (Lipinski definition) is 1. The summed E-state index contributed by atoms with van der Waals surface area (Å²) in [5.41, 5.74) is 6.12. The van der Waals surface area contributed by atoms with Crippen LogP contribution in [-0.4, -0.2) is 20.1 Å². The third-order valence-electron chi connectivity index (χ3n) is 2.76. The van der Waals surface area contributed by atoms with E-state index in [0.717, 1.165) is 0 Å². The second-order valence-electron chi connectivity index (χ2n) is 4.07. The van der Waals surface area contributed by atoms with Gasteiger partial charge in [-0.2, -0.15) is 0 Å². The first-order valence-electron chi connectivity index (χ1n) is 5.40. The third kappa shape index (κ3) is 1.99. The highest BCUT2D eigenvalue weighted by Crippen LogP contribution is 2.34. The Morgan fingerprint density at radius 1 is 1.50 bits per heavy atom. The molecule has 0 atom stereocenters. The predicted octanol–water partition coefficient (Wildman–Crippen LogP) is 1.03. The van der Waals surface area contributed by atoms with Crippen molar-refractivity contribution in [1.29, 1.82) is 0 Å². The molecule has 1 aliphatic heterocycles. The third-order valence-corrected chi connectivity index (χ3v) is 4.45. The maximum absolute atomic E-state index is 12.0. The molecule has 0 spiro atoms. The van der Waals surface area contributed by atoms with Crippen LogP contribution in [0.1, 0.15) is 22.8 Å². The first-order valence-corrected chi connectivity index (χ1v) is 7.05. The molecule has 1 aromatic carbocycles. The molecule has 5 nitrogen and oxygen atoms in total. The molecule has 0 bridgehead atoms. The highest BCUT2D eigenvalue weighted by molar-refractivity contribution is 7.91. The Labute approximate surface area is 105 Å². The number of rotatable bonds is 2. The first kappa shape index (κ1) is 12.6. The van der Waals surface area contributed by atoms with Gasteiger partial charge in [0.15, 0.2) is 9.84 Å². The summed E-state index contributed by atoms with van der Waals surface area (Å²) >= 11 is 0. The average Bonchev–Trinajstić information content (AvgIpc) is 2.25. The van der Waals surface area contributed by atoms with Crippen molar-refractivity contribution in [2.45, 2.75) is 18.2 Å². The molecule has 0 radical (unpaired) electrons. The SMILES string of the molecule is C=C1CS(=O)(=O)c2cc(C(N)=O)c(CC)cc2O1. The summed E-state index contributed by atoms with van der Waals surface area (Å²) in [6.07, 6.45) is 0.557. The summed E-state index contributed by atoms with van der Waals surface area (Å²) in [7, 11) is -3.50. The number of ether oxygens (including phenoxy) is 1. The van der Waals surface area contributed by atoms with Crippen LogP contribution in [0.5, 0.6) is 5.75 Å². The minimum absolute atomic E-state index is 0.000833. The number of aryl methyl sites for hydroxylation is 1. The molecule has 6 heteroatoms. The van der Waals surface area contributed by atoms with E-state index >= 15 is 0 Å². The number of carbonyl (C=O) groups excluding carboxylic acids is 1. The highest BCUT2D eigenvalue weighted by Gasteiger charge is 2.29. The van der Waals surface area contributed by atoms with Gasteiger partial charge in [-0.3, -0.25) is 4.79 Å². The Morgan fingerprint density at radius 3 is 2.72 bits per heavy atom. The van der Waals surface area contributed by atoms with Gasteiger partial charge in [0.05, 0.1) is 0 Å². The zero-order valence-electron chi connectivity index (χ0n) is 9.89. The van der Waals surface area contributed by atoms with E-state index in [-0.39, 0.29) is 27.7 Å². The number of benzene rings is 1. The molecular weight excluding hydrogens is 254 g/mol. The Hall–Kier alpha value is -1.82. The number of amides is 1. The second-order valence-corrected chi connectivity index (χ2v) is 6.03. The van der Waals surface area contributed by atoms with Crippen LogP contribution >= 0.6 is 0 Å². The summed E-state index contributed by atoms with van der Waals surface area (Å²) in [6, 6.07) is 2.83. The molecule has 1 amide bonds. The normalized spacial score (nSPS) is 16.8. The van der Waals surface area contributed by atoms with E-state index in [2.05, 4.69) is 6.58 Å². The zero-order valence-corrected chi connectivity index (χ0v) is 10.7. The van der Waals surface area contributed by atoms with Gasteiger partial charge < -0.3 is 10.5 Å². The van der Waals surface area contributed by atoms with Crippen molar-refractivity contribution < 1.29 is 17.9 Å². The van der Waals surface area contributed by atoms with Crippen molar-refractivity contribution in [3.05, 3.63) is 35.6 Å². The molecule has 0 aliphatic carbocycles. The van der Waals surface area contributed by atoms with E-state index in [0.29, 0.717) is 12.0 Å². The summed E-state index contributed by atoms with van der Waals surface area (Å²) < 4.78 is 29.2. The fourth-order valence-corrected chi connectivity index (χ4v) is 3.26. The summed E-state index contributed by atoms with van der Waals surface area (Å²) in [4.78, 5) is 11.3. The summed E-state index contributed by atoms with van der Waals surface area (Å²) in [6.45, 7) is 5.38. The van der Waals surface area contributed by atoms with Crippen molar-refractivity contribution in [2.75, 3.05) is 5.75 Å². The van der Waals surface area contributed by atoms with Crippen LogP contribution in [-0.2, 0) is 16.3 Å². The summed E-state index contributed by atoms with van der Waals surface area (Å²) in [5.74, 6) is -0.525. The van der Waals surface area contributed by atoms with Crippen LogP contribution in [0, 0.1) is 0 Å². The Bertz CT molecular complexity index is 646. The molecule has 96 valence electrons. The van der Waals surface area contributed by atoms with Gasteiger partial charge in [-0.15, -0.1) is 0 Å². The molecule has 18 heavy (non-hydrogen) atoms. The number of hydrogen-bond acceptors (Lipinski definition) is 4. The van der Waals surface area contributed by atoms with E-state index in [1.165, 1.54) is 12.1 Å². The average molecular weight is 267 g/mol. The van der Waals surface area contributed by atoms with E-state index in [1.54, 1.807) is 0 Å². The molecule has 1 aliphatic rings. The lowest BCUT2D eigenvalue weighted by Gasteiger charge is -2.20. The predicted molar refractivity (Wildman–Crippen MR) is 66.2 cm³/mol. The number of primary amides is 1. The molecule has 2 rings (SSSR count). The van der Waals surface area contributed by atoms with Crippen LogP contribution in [0.25, 0.3) is 0 Å². The minimum Gasteiger partial charge on any atom is -0.460 e. The van der Waals surface area contributed by atoms with Crippen molar-refractivity contribution in [1.82, 2.24) is 0 Å². The number of nitrogens with two attached hydrogens (primary N) is 1. The fourth-order valence-electron chi connectivity index (χ4n) is 1.92. The number of sulfone groups is 1. The van der Waals surface area contributed by atoms with Gasteiger partial charge in [0.25, 0.3) is 0 Å². The lowest BCUT2D eigenvalue weighted by atomic mass is 10.0. The van der Waals surface area contributed by atoms with Crippen LogP contribution in [0.2, 0.25) is 0 Å². The Morgan fingerprint density at radius 2 is 2.17 bits per heavy atom. The van der Waals surface area contributed by atoms with Crippen LogP contribution in [0.3, 0.4) is 0 Å². The van der Waals surface area contributed by atoms with Gasteiger partial charge in [0.1, 0.15) is 22.2 Å². The van der Waals surface area contributed by atoms with Gasteiger partial charge in [-0.25, -0.2) is 8.42 Å². The molecule has 0 saturated heterocycles. The van der Waals surface area contributed by atoms with Crippen molar-refractivity contribution >= 4 is 15.7 Å². The van der Waals surface area contributed by atoms with Gasteiger partial charge in [-0.1, -0.05) is 13.5 Å². The number of carbonyl (C=O) groups is 1. The first-order chi connectivity index (χ1) is 8.35. The van der Waals surface area contributed by atoms with Crippen molar-refractivity contribution in [3.8, 4) is 5.75 Å². The molecule has 2 N–H and O–H groups in total. The monoisotopic (exact) mass is 267 g/mol. The maximum Gasteiger partial charge on any atom is 0.249 e. The molecular formula is C12H13NO4S. The summed E-state index contributed by atoms with van der Waals surface area (Å²) in [5, 5.41) is 0. The van der Waals surface area contributed by atoms with E-state index in [1.807, 2.05) is 6.92 Å². The van der Waals surface area contributed by atoms with Gasteiger partial charge in [0, 0.05) is 5.56 Å². The van der Waals surface area contributed by atoms with Crippen LogP contribution in [0.4, 0.5) is 0 Å². The molecule has 0 unspecified atom stereocenters. The quantitative estimate of drug-likeness (QED) is 0.867. The molecule has 0 aromatic heterocycles. The lowest BCUT2D eigenvalue weighted by molar-refractivity contribution is 0.0999. The molecule has 1 aromatic rings. The van der Waals surface area contributed by atoms with Gasteiger partial charge in [0.2, 0.25) is 5.91 Å². The zero-order chi connectivity index (χ0) is 13.5. The Kier molecular flexibility index (Phi) is 2.90. The number of fused-ring (bicyclic) bond motifs is 1. The Balaban J connectivity index is 2.74. The van der Waals surface area contributed by atoms with Crippen molar-refractivity contribution in [2.24, 2.45) is 5.73 Å². The molecule has 0 saturated carbocycles. The van der Waals surface area contributed by atoms with E-state index < -0.39 is 15.7 Å². The lowest BCUT2D eigenvalue weighted by Crippen LogP contribution is -2.21. The second kappa shape index (κ2) is 4.13. The standard InChI is InChI=1S/C12H13NO4S/c1-3-8-4-10-11(5-9(8)12(13)14)18(15,16)6-7(2)17-10/h4-5H,2-3,6H2,1H3,(H2,13,14). The van der Waals surface area contributed by atoms with E-state index in [4.69, 9.17) is 10.5 Å². The van der Waals surface area contributed by atoms with Crippen LogP contribution < -0.4 is 10.5 Å². The smallest absolute Gasteiger partial charge is 0.249 e. The van der Waals surface area contributed by atoms with Gasteiger partial charge in [-0.05, 0) is 24.1 Å². The topological polar surface area (TPSA) is 86.5 Å². The van der Waals surface area contributed by atoms with Crippen LogP contribution in [0.15, 0.2) is 29.4 Å². The van der Waals surface area contributed by atoms with Crippen molar-refractivity contribution in [3.63, 3.8) is 0 Å². The highest BCUT2D eigenvalue weighted by atomic mass is 32.2. The fraction of sp³-hybridized carbons (Fsp3) is 0.250. The van der Waals surface area contributed by atoms with E-state index in [9.17, 15) is 13.2 Å². The molecule has 0 fully saturated rings. The minimum atomic E-state index is -3.50. The van der Waals surface area contributed by atoms with Gasteiger partial charge >= 0.3 is 0 Å². The largest absolute Gasteiger partial charge is 0.460 e. The molecule has 1 heterocycles. The maximum atomic E-state index is 12.0.